The minimum absolute atomic E-state index is 0.272. The number of rotatable bonds is 5. The van der Waals surface area contributed by atoms with E-state index in [1.807, 2.05) is 19.9 Å². The van der Waals surface area contributed by atoms with E-state index in [9.17, 15) is 4.39 Å². The minimum Gasteiger partial charge on any atom is -0.493 e. The molecule has 1 rings (SSSR count). The van der Waals surface area contributed by atoms with E-state index in [1.54, 1.807) is 0 Å². The molecule has 0 spiro atoms. The van der Waals surface area contributed by atoms with Crippen molar-refractivity contribution in [3.05, 3.63) is 29.1 Å². The smallest absolute Gasteiger partial charge is 0.165 e. The number of halogens is 1. The quantitative estimate of drug-likeness (QED) is 0.784. The number of methoxy groups -OCH3 is 1. The first kappa shape index (κ1) is 12.9. The summed E-state index contributed by atoms with van der Waals surface area (Å²) < 4.78 is 18.7. The Hall–Kier alpha value is -1.13. The van der Waals surface area contributed by atoms with Gasteiger partial charge in [-0.15, -0.1) is 0 Å². The van der Waals surface area contributed by atoms with Crippen LogP contribution in [0.25, 0.3) is 0 Å². The first-order chi connectivity index (χ1) is 7.60. The van der Waals surface area contributed by atoms with Gasteiger partial charge in [0.05, 0.1) is 14.2 Å². The number of hydrogen-bond donors (Lipinski definition) is 1. The lowest BCUT2D eigenvalue weighted by atomic mass is 10.00. The maximum Gasteiger partial charge on any atom is 0.165 e. The van der Waals surface area contributed by atoms with Crippen LogP contribution in [-0.4, -0.2) is 14.2 Å². The Labute approximate surface area is 95.5 Å². The molecule has 0 aliphatic heterocycles. The standard InChI is InChI=1S/C12H18FNO2/c1-8(2)9-5-10(7-14-16-4)12(15-3)11(13)6-9/h5-6,8,14H,7H2,1-4H3. The molecule has 16 heavy (non-hydrogen) atoms. The van der Waals surface area contributed by atoms with Gasteiger partial charge in [-0.1, -0.05) is 19.9 Å². The third-order valence-corrected chi connectivity index (χ3v) is 2.42. The van der Waals surface area contributed by atoms with Crippen molar-refractivity contribution in [1.82, 2.24) is 5.48 Å². The SMILES string of the molecule is CONCc1cc(C(C)C)cc(F)c1OC. The highest BCUT2D eigenvalue weighted by Crippen LogP contribution is 2.27. The summed E-state index contributed by atoms with van der Waals surface area (Å²) in [6, 6.07) is 3.44. The van der Waals surface area contributed by atoms with Gasteiger partial charge in [-0.05, 0) is 17.5 Å². The van der Waals surface area contributed by atoms with Gasteiger partial charge in [0.15, 0.2) is 11.6 Å². The first-order valence-corrected chi connectivity index (χ1v) is 5.22. The molecule has 0 atom stereocenters. The molecule has 0 fully saturated rings. The first-order valence-electron chi connectivity index (χ1n) is 5.22. The van der Waals surface area contributed by atoms with Crippen LogP contribution in [0.2, 0.25) is 0 Å². The van der Waals surface area contributed by atoms with Crippen molar-refractivity contribution in [2.45, 2.75) is 26.3 Å². The lowest BCUT2D eigenvalue weighted by Crippen LogP contribution is -2.12. The molecule has 0 aromatic heterocycles. The predicted octanol–water partition coefficient (Wildman–Crippen LogP) is 2.61. The molecule has 1 N–H and O–H groups in total. The summed E-state index contributed by atoms with van der Waals surface area (Å²) in [5.74, 6) is 0.220. The minimum atomic E-state index is -0.332. The lowest BCUT2D eigenvalue weighted by Gasteiger charge is -2.14. The summed E-state index contributed by atoms with van der Waals surface area (Å²) in [7, 11) is 2.99. The van der Waals surface area contributed by atoms with Crippen LogP contribution >= 0.6 is 0 Å². The van der Waals surface area contributed by atoms with Gasteiger partial charge in [0.1, 0.15) is 0 Å². The Morgan fingerprint density at radius 3 is 2.50 bits per heavy atom. The highest BCUT2D eigenvalue weighted by atomic mass is 19.1. The van der Waals surface area contributed by atoms with Crippen LogP contribution in [0.1, 0.15) is 30.9 Å². The fraction of sp³-hybridized carbons (Fsp3) is 0.500. The Balaban J connectivity index is 3.09. The van der Waals surface area contributed by atoms with Gasteiger partial charge in [-0.3, -0.25) is 0 Å². The van der Waals surface area contributed by atoms with Gasteiger partial charge in [0, 0.05) is 12.1 Å². The number of hydrogen-bond acceptors (Lipinski definition) is 3. The topological polar surface area (TPSA) is 30.5 Å². The molecule has 4 heteroatoms. The molecule has 3 nitrogen and oxygen atoms in total. The second kappa shape index (κ2) is 5.82. The molecule has 0 bridgehead atoms. The van der Waals surface area contributed by atoms with Crippen molar-refractivity contribution in [2.75, 3.05) is 14.2 Å². The van der Waals surface area contributed by atoms with Crippen molar-refractivity contribution in [3.63, 3.8) is 0 Å². The van der Waals surface area contributed by atoms with Crippen LogP contribution in [0.3, 0.4) is 0 Å². The Kier molecular flexibility index (Phi) is 4.71. The molecule has 90 valence electrons. The zero-order valence-electron chi connectivity index (χ0n) is 10.1. The zero-order valence-corrected chi connectivity index (χ0v) is 10.1. The molecular formula is C12H18FNO2. The summed E-state index contributed by atoms with van der Waals surface area (Å²) in [5.41, 5.74) is 4.39. The summed E-state index contributed by atoms with van der Waals surface area (Å²) in [5, 5.41) is 0. The molecule has 0 aliphatic rings. The molecule has 0 saturated carbocycles. The largest absolute Gasteiger partial charge is 0.493 e. The van der Waals surface area contributed by atoms with Crippen LogP contribution in [0, 0.1) is 5.82 Å². The van der Waals surface area contributed by atoms with E-state index in [1.165, 1.54) is 20.3 Å². The predicted molar refractivity (Wildman–Crippen MR) is 60.9 cm³/mol. The van der Waals surface area contributed by atoms with Crippen molar-refractivity contribution >= 4 is 0 Å². The Morgan fingerprint density at radius 2 is 2.00 bits per heavy atom. The number of nitrogens with one attached hydrogen (secondary N) is 1. The molecule has 0 amide bonds. The van der Waals surface area contributed by atoms with Crippen LogP contribution in [0.15, 0.2) is 12.1 Å². The normalized spacial score (nSPS) is 10.9. The lowest BCUT2D eigenvalue weighted by molar-refractivity contribution is 0.0860. The van der Waals surface area contributed by atoms with Crippen molar-refractivity contribution < 1.29 is 14.0 Å². The highest BCUT2D eigenvalue weighted by molar-refractivity contribution is 5.39. The second-order valence-electron chi connectivity index (χ2n) is 3.88. The van der Waals surface area contributed by atoms with Gasteiger partial charge < -0.3 is 9.57 Å². The van der Waals surface area contributed by atoms with Gasteiger partial charge >= 0.3 is 0 Å². The third kappa shape index (κ3) is 2.93. The van der Waals surface area contributed by atoms with E-state index in [4.69, 9.17) is 9.57 Å². The Morgan fingerprint density at radius 1 is 1.31 bits per heavy atom. The summed E-state index contributed by atoms with van der Waals surface area (Å²) in [4.78, 5) is 4.76. The maximum absolute atomic E-state index is 13.7. The summed E-state index contributed by atoms with van der Waals surface area (Å²) in [6.45, 7) is 4.46. The van der Waals surface area contributed by atoms with Crippen LogP contribution in [0.4, 0.5) is 4.39 Å². The molecule has 0 unspecified atom stereocenters. The van der Waals surface area contributed by atoms with Gasteiger partial charge in [-0.2, -0.15) is 5.48 Å². The van der Waals surface area contributed by atoms with E-state index in [2.05, 4.69) is 5.48 Å². The Bertz CT molecular complexity index is 353. The molecular weight excluding hydrogens is 209 g/mol. The maximum atomic E-state index is 13.7. The van der Waals surface area contributed by atoms with E-state index in [-0.39, 0.29) is 17.5 Å². The average Bonchev–Trinajstić information content (AvgIpc) is 2.25. The number of ether oxygens (including phenoxy) is 1. The van der Waals surface area contributed by atoms with Crippen molar-refractivity contribution in [2.24, 2.45) is 0 Å². The molecule has 0 aliphatic carbocycles. The molecule has 0 saturated heterocycles. The molecule has 0 heterocycles. The number of hydroxylamine groups is 1. The van der Waals surface area contributed by atoms with Crippen molar-refractivity contribution in [1.29, 1.82) is 0 Å². The van der Waals surface area contributed by atoms with Crippen LogP contribution in [-0.2, 0) is 11.4 Å². The van der Waals surface area contributed by atoms with Crippen molar-refractivity contribution in [3.8, 4) is 5.75 Å². The van der Waals surface area contributed by atoms with Gasteiger partial charge in [0.25, 0.3) is 0 Å². The molecule has 1 aromatic carbocycles. The van der Waals surface area contributed by atoms with E-state index in [0.29, 0.717) is 6.54 Å². The second-order valence-corrected chi connectivity index (χ2v) is 3.88. The number of benzene rings is 1. The van der Waals surface area contributed by atoms with Crippen LogP contribution in [0.5, 0.6) is 5.75 Å². The zero-order chi connectivity index (χ0) is 12.1. The average molecular weight is 227 g/mol. The third-order valence-electron chi connectivity index (χ3n) is 2.42. The fourth-order valence-corrected chi connectivity index (χ4v) is 1.52. The van der Waals surface area contributed by atoms with Gasteiger partial charge in [-0.25, -0.2) is 4.39 Å². The molecule has 1 aromatic rings. The molecule has 0 radical (unpaired) electrons. The fourth-order valence-electron chi connectivity index (χ4n) is 1.52. The van der Waals surface area contributed by atoms with Gasteiger partial charge in [0.2, 0.25) is 0 Å². The monoisotopic (exact) mass is 227 g/mol. The van der Waals surface area contributed by atoms with E-state index in [0.717, 1.165) is 11.1 Å². The van der Waals surface area contributed by atoms with E-state index >= 15 is 0 Å². The summed E-state index contributed by atoms with van der Waals surface area (Å²) in [6.07, 6.45) is 0. The van der Waals surface area contributed by atoms with E-state index < -0.39 is 0 Å². The van der Waals surface area contributed by atoms with Crippen LogP contribution < -0.4 is 10.2 Å². The highest BCUT2D eigenvalue weighted by Gasteiger charge is 2.12. The summed E-state index contributed by atoms with van der Waals surface area (Å²) >= 11 is 0.